The largest absolute Gasteiger partial charge is 0.324 e. The van der Waals surface area contributed by atoms with E-state index in [1.54, 1.807) is 0 Å². The zero-order valence-electron chi connectivity index (χ0n) is 8.76. The molecule has 1 aliphatic heterocycles. The number of hydrogen-bond acceptors (Lipinski definition) is 2. The summed E-state index contributed by atoms with van der Waals surface area (Å²) in [7, 11) is 2.18. The molecule has 1 unspecified atom stereocenters. The molecule has 1 atom stereocenters. The molecule has 0 amide bonds. The molecule has 0 radical (unpaired) electrons. The number of nitrogens with two attached hydrogens (primary N) is 1. The van der Waals surface area contributed by atoms with Crippen LogP contribution in [-0.2, 0) is 0 Å². The SMILES string of the molecule is CN1CCC(N)(CC2CCCC2)C1. The highest BCUT2D eigenvalue weighted by atomic mass is 15.2. The zero-order valence-corrected chi connectivity index (χ0v) is 8.76. The van der Waals surface area contributed by atoms with E-state index in [1.165, 1.54) is 45.1 Å². The van der Waals surface area contributed by atoms with E-state index in [1.807, 2.05) is 0 Å². The number of hydrogen-bond donors (Lipinski definition) is 1. The van der Waals surface area contributed by atoms with Gasteiger partial charge in [0.05, 0.1) is 0 Å². The molecule has 13 heavy (non-hydrogen) atoms. The first-order valence-corrected chi connectivity index (χ1v) is 5.65. The Morgan fingerprint density at radius 1 is 1.38 bits per heavy atom. The van der Waals surface area contributed by atoms with Crippen LogP contribution in [-0.4, -0.2) is 30.6 Å². The average molecular weight is 182 g/mol. The van der Waals surface area contributed by atoms with Crippen LogP contribution in [0.1, 0.15) is 38.5 Å². The molecule has 1 saturated carbocycles. The second-order valence-corrected chi connectivity index (χ2v) is 5.20. The zero-order chi connectivity index (χ0) is 9.31. The van der Waals surface area contributed by atoms with E-state index in [-0.39, 0.29) is 5.54 Å². The van der Waals surface area contributed by atoms with Crippen molar-refractivity contribution in [3.63, 3.8) is 0 Å². The van der Waals surface area contributed by atoms with Crippen molar-refractivity contribution in [3.8, 4) is 0 Å². The van der Waals surface area contributed by atoms with Crippen molar-refractivity contribution in [2.75, 3.05) is 20.1 Å². The standard InChI is InChI=1S/C11H22N2/c1-13-7-6-11(12,9-13)8-10-4-2-3-5-10/h10H,2-9,12H2,1H3. The highest BCUT2D eigenvalue weighted by Crippen LogP contribution is 2.34. The summed E-state index contributed by atoms with van der Waals surface area (Å²) in [6, 6.07) is 0. The molecule has 2 rings (SSSR count). The van der Waals surface area contributed by atoms with Crippen LogP contribution in [0.4, 0.5) is 0 Å². The smallest absolute Gasteiger partial charge is 0.0298 e. The fourth-order valence-corrected chi connectivity index (χ4v) is 3.07. The molecule has 2 aliphatic rings. The van der Waals surface area contributed by atoms with Crippen molar-refractivity contribution in [1.82, 2.24) is 4.90 Å². The second-order valence-electron chi connectivity index (χ2n) is 5.20. The van der Waals surface area contributed by atoms with Crippen LogP contribution in [0.5, 0.6) is 0 Å². The summed E-state index contributed by atoms with van der Waals surface area (Å²) in [4.78, 5) is 2.37. The molecule has 76 valence electrons. The molecule has 2 heteroatoms. The van der Waals surface area contributed by atoms with Gasteiger partial charge in [-0.1, -0.05) is 25.7 Å². The van der Waals surface area contributed by atoms with Crippen LogP contribution in [0.3, 0.4) is 0 Å². The van der Waals surface area contributed by atoms with Gasteiger partial charge in [0.15, 0.2) is 0 Å². The van der Waals surface area contributed by atoms with Gasteiger partial charge in [0.25, 0.3) is 0 Å². The Morgan fingerprint density at radius 2 is 2.08 bits per heavy atom. The van der Waals surface area contributed by atoms with Crippen molar-refractivity contribution in [3.05, 3.63) is 0 Å². The lowest BCUT2D eigenvalue weighted by atomic mass is 9.86. The van der Waals surface area contributed by atoms with Crippen LogP contribution in [0.2, 0.25) is 0 Å². The first kappa shape index (κ1) is 9.47. The highest BCUT2D eigenvalue weighted by molar-refractivity contribution is 4.95. The summed E-state index contributed by atoms with van der Waals surface area (Å²) in [6.45, 7) is 2.31. The van der Waals surface area contributed by atoms with Gasteiger partial charge in [0.2, 0.25) is 0 Å². The summed E-state index contributed by atoms with van der Waals surface area (Å²) in [6.07, 6.45) is 8.23. The van der Waals surface area contributed by atoms with Crippen molar-refractivity contribution < 1.29 is 0 Å². The number of nitrogens with zero attached hydrogens (tertiary/aromatic N) is 1. The Bertz CT molecular complexity index is 175. The molecular formula is C11H22N2. The van der Waals surface area contributed by atoms with E-state index >= 15 is 0 Å². The summed E-state index contributed by atoms with van der Waals surface area (Å²) in [5, 5.41) is 0. The van der Waals surface area contributed by atoms with Crippen molar-refractivity contribution in [1.29, 1.82) is 0 Å². The van der Waals surface area contributed by atoms with Crippen LogP contribution < -0.4 is 5.73 Å². The molecule has 1 aliphatic carbocycles. The van der Waals surface area contributed by atoms with E-state index in [4.69, 9.17) is 5.73 Å². The number of rotatable bonds is 2. The van der Waals surface area contributed by atoms with E-state index in [9.17, 15) is 0 Å². The maximum Gasteiger partial charge on any atom is 0.0298 e. The third kappa shape index (κ3) is 2.23. The predicted octanol–water partition coefficient (Wildman–Crippen LogP) is 1.60. The Morgan fingerprint density at radius 3 is 2.62 bits per heavy atom. The fourth-order valence-electron chi connectivity index (χ4n) is 3.07. The molecule has 1 heterocycles. The molecular weight excluding hydrogens is 160 g/mol. The summed E-state index contributed by atoms with van der Waals surface area (Å²) in [5.41, 5.74) is 6.54. The van der Waals surface area contributed by atoms with Gasteiger partial charge in [0, 0.05) is 12.1 Å². The average Bonchev–Trinajstić information content (AvgIpc) is 2.62. The normalized spacial score (nSPS) is 37.4. The van der Waals surface area contributed by atoms with Gasteiger partial charge in [-0.15, -0.1) is 0 Å². The Hall–Kier alpha value is -0.0800. The van der Waals surface area contributed by atoms with E-state index in [0.29, 0.717) is 0 Å². The lowest BCUT2D eigenvalue weighted by molar-refractivity contribution is 0.307. The van der Waals surface area contributed by atoms with Gasteiger partial charge in [-0.2, -0.15) is 0 Å². The van der Waals surface area contributed by atoms with Gasteiger partial charge >= 0.3 is 0 Å². The molecule has 0 aromatic rings. The lowest BCUT2D eigenvalue weighted by Crippen LogP contribution is -2.43. The maximum absolute atomic E-state index is 6.39. The lowest BCUT2D eigenvalue weighted by Gasteiger charge is -2.27. The third-order valence-corrected chi connectivity index (χ3v) is 3.75. The summed E-state index contributed by atoms with van der Waals surface area (Å²) < 4.78 is 0. The molecule has 0 aromatic carbocycles. The first-order chi connectivity index (χ1) is 6.18. The van der Waals surface area contributed by atoms with Crippen LogP contribution >= 0.6 is 0 Å². The quantitative estimate of drug-likeness (QED) is 0.703. The van der Waals surface area contributed by atoms with Crippen molar-refractivity contribution >= 4 is 0 Å². The Kier molecular flexibility index (Phi) is 2.61. The monoisotopic (exact) mass is 182 g/mol. The molecule has 1 saturated heterocycles. The van der Waals surface area contributed by atoms with E-state index in [2.05, 4.69) is 11.9 Å². The molecule has 0 spiro atoms. The Labute approximate surface area is 81.5 Å². The molecule has 0 bridgehead atoms. The minimum absolute atomic E-state index is 0.157. The van der Waals surface area contributed by atoms with Gasteiger partial charge in [-0.05, 0) is 32.4 Å². The summed E-state index contributed by atoms with van der Waals surface area (Å²) in [5.74, 6) is 0.941. The highest BCUT2D eigenvalue weighted by Gasteiger charge is 2.35. The van der Waals surface area contributed by atoms with Crippen molar-refractivity contribution in [2.24, 2.45) is 11.7 Å². The second kappa shape index (κ2) is 3.58. The van der Waals surface area contributed by atoms with E-state index < -0.39 is 0 Å². The molecule has 2 fully saturated rings. The van der Waals surface area contributed by atoms with Crippen LogP contribution in [0.25, 0.3) is 0 Å². The molecule has 0 aromatic heterocycles. The van der Waals surface area contributed by atoms with Crippen LogP contribution in [0, 0.1) is 5.92 Å². The van der Waals surface area contributed by atoms with Crippen LogP contribution in [0.15, 0.2) is 0 Å². The predicted molar refractivity (Wildman–Crippen MR) is 55.6 cm³/mol. The van der Waals surface area contributed by atoms with Gasteiger partial charge in [-0.3, -0.25) is 0 Å². The molecule has 2 nitrogen and oxygen atoms in total. The van der Waals surface area contributed by atoms with Gasteiger partial charge < -0.3 is 10.6 Å². The summed E-state index contributed by atoms with van der Waals surface area (Å²) >= 11 is 0. The molecule has 2 N–H and O–H groups in total. The Balaban J connectivity index is 1.85. The maximum atomic E-state index is 6.39. The first-order valence-electron chi connectivity index (χ1n) is 5.65. The minimum Gasteiger partial charge on any atom is -0.324 e. The van der Waals surface area contributed by atoms with Gasteiger partial charge in [-0.25, -0.2) is 0 Å². The third-order valence-electron chi connectivity index (χ3n) is 3.75. The van der Waals surface area contributed by atoms with Gasteiger partial charge in [0.1, 0.15) is 0 Å². The topological polar surface area (TPSA) is 29.3 Å². The number of likely N-dealkylation sites (N-methyl/N-ethyl adjacent to an activating group) is 1. The fraction of sp³-hybridized carbons (Fsp3) is 1.00. The van der Waals surface area contributed by atoms with Crippen molar-refractivity contribution in [2.45, 2.75) is 44.1 Å². The number of likely N-dealkylation sites (tertiary alicyclic amines) is 1. The minimum atomic E-state index is 0.157. The van der Waals surface area contributed by atoms with E-state index in [0.717, 1.165) is 12.5 Å².